The minimum atomic E-state index is 0.387. The molecule has 0 rings (SSSR count). The highest BCUT2D eigenvalue weighted by Gasteiger charge is 1.93. The number of thiocarbonyl (C=S) groups is 1. The third-order valence-electron chi connectivity index (χ3n) is 0.658. The zero-order chi connectivity index (χ0) is 7.28. The molecule has 0 aromatic carbocycles. The monoisotopic (exact) mass is 147 g/mol. The van der Waals surface area contributed by atoms with E-state index in [2.05, 4.69) is 16.2 Å². The molecule has 3 N–H and O–H groups in total. The van der Waals surface area contributed by atoms with E-state index >= 15 is 0 Å². The van der Waals surface area contributed by atoms with Crippen molar-refractivity contribution in [1.29, 1.82) is 0 Å². The molecule has 0 aliphatic heterocycles. The lowest BCUT2D eigenvalue weighted by atomic mass is 10.4. The molecule has 0 unspecified atom stereocenters. The highest BCUT2D eigenvalue weighted by molar-refractivity contribution is 7.80. The average molecular weight is 147 g/mol. The summed E-state index contributed by atoms with van der Waals surface area (Å²) < 4.78 is 0. The lowest BCUT2D eigenvalue weighted by molar-refractivity contribution is 0.682. The molecule has 0 amide bonds. The molecule has 0 saturated carbocycles. The van der Waals surface area contributed by atoms with E-state index in [0.717, 1.165) is 0 Å². The van der Waals surface area contributed by atoms with Crippen molar-refractivity contribution in [3.63, 3.8) is 0 Å². The Morgan fingerprint density at radius 3 is 2.33 bits per heavy atom. The first-order chi connectivity index (χ1) is 4.16. The second-order valence-electron chi connectivity index (χ2n) is 2.00. The molecule has 0 saturated heterocycles. The van der Waals surface area contributed by atoms with Gasteiger partial charge in [-0.15, -0.1) is 0 Å². The molecule has 9 heavy (non-hydrogen) atoms. The van der Waals surface area contributed by atoms with Crippen molar-refractivity contribution in [2.45, 2.75) is 19.9 Å². The summed E-state index contributed by atoms with van der Waals surface area (Å²) in [5.74, 6) is 0. The normalized spacial score (nSPS) is 9.33. The summed E-state index contributed by atoms with van der Waals surface area (Å²) in [5, 5.41) is 3.63. The fourth-order valence-electron chi connectivity index (χ4n) is 0.412. The van der Waals surface area contributed by atoms with E-state index in [1.165, 1.54) is 0 Å². The predicted molar refractivity (Wildman–Crippen MR) is 43.1 cm³/mol. The summed E-state index contributed by atoms with van der Waals surface area (Å²) in [4.78, 5) is 0. The van der Waals surface area contributed by atoms with E-state index in [4.69, 9.17) is 12.2 Å². The highest BCUT2D eigenvalue weighted by Crippen LogP contribution is 1.74. The predicted octanol–water partition coefficient (Wildman–Crippen LogP) is -0.00670. The van der Waals surface area contributed by atoms with Gasteiger partial charge in [0.15, 0.2) is 5.11 Å². The van der Waals surface area contributed by atoms with Gasteiger partial charge < -0.3 is 5.32 Å². The zero-order valence-corrected chi connectivity index (χ0v) is 6.80. The van der Waals surface area contributed by atoms with Gasteiger partial charge >= 0.3 is 0 Å². The summed E-state index contributed by atoms with van der Waals surface area (Å²) in [6.07, 6.45) is 0. The molecule has 0 aliphatic carbocycles. The van der Waals surface area contributed by atoms with Crippen molar-refractivity contribution in [2.75, 3.05) is 7.05 Å². The second kappa shape index (κ2) is 4.52. The summed E-state index contributed by atoms with van der Waals surface area (Å²) in [7, 11) is 1.77. The number of hydrogen-bond acceptors (Lipinski definition) is 2. The molecule has 0 atom stereocenters. The molecule has 3 nitrogen and oxygen atoms in total. The van der Waals surface area contributed by atoms with Crippen molar-refractivity contribution in [3.05, 3.63) is 0 Å². The lowest BCUT2D eigenvalue weighted by Crippen LogP contribution is -2.44. The van der Waals surface area contributed by atoms with Crippen molar-refractivity contribution in [1.82, 2.24) is 16.2 Å². The van der Waals surface area contributed by atoms with Crippen LogP contribution >= 0.6 is 12.2 Å². The van der Waals surface area contributed by atoms with E-state index < -0.39 is 0 Å². The van der Waals surface area contributed by atoms with Gasteiger partial charge in [-0.3, -0.25) is 5.43 Å². The SMILES string of the molecule is CNNC(=S)NC(C)C. The number of hydrazine groups is 1. The van der Waals surface area contributed by atoms with Crippen LogP contribution in [0.4, 0.5) is 0 Å². The van der Waals surface area contributed by atoms with Crippen LogP contribution in [0.3, 0.4) is 0 Å². The van der Waals surface area contributed by atoms with E-state index in [9.17, 15) is 0 Å². The minimum Gasteiger partial charge on any atom is -0.359 e. The van der Waals surface area contributed by atoms with Crippen molar-refractivity contribution >= 4 is 17.3 Å². The molecule has 0 aliphatic rings. The smallest absolute Gasteiger partial charge is 0.180 e. The number of nitrogens with one attached hydrogen (secondary N) is 3. The van der Waals surface area contributed by atoms with E-state index in [1.54, 1.807) is 7.05 Å². The summed E-state index contributed by atoms with van der Waals surface area (Å²) >= 11 is 4.84. The van der Waals surface area contributed by atoms with Crippen LogP contribution in [0.2, 0.25) is 0 Å². The van der Waals surface area contributed by atoms with Gasteiger partial charge in [-0.05, 0) is 26.1 Å². The van der Waals surface area contributed by atoms with E-state index in [0.29, 0.717) is 11.2 Å². The Morgan fingerprint density at radius 2 is 2.00 bits per heavy atom. The Kier molecular flexibility index (Phi) is 4.35. The van der Waals surface area contributed by atoms with Crippen LogP contribution in [0.15, 0.2) is 0 Å². The molecule has 0 bridgehead atoms. The van der Waals surface area contributed by atoms with Crippen LogP contribution in [0.5, 0.6) is 0 Å². The third-order valence-corrected chi connectivity index (χ3v) is 0.878. The molecule has 0 aromatic heterocycles. The maximum atomic E-state index is 4.84. The molecule has 0 spiro atoms. The van der Waals surface area contributed by atoms with Gasteiger partial charge in [-0.2, -0.15) is 0 Å². The zero-order valence-electron chi connectivity index (χ0n) is 5.99. The summed E-state index contributed by atoms with van der Waals surface area (Å²) in [6, 6.07) is 0.387. The van der Waals surface area contributed by atoms with Gasteiger partial charge in [-0.25, -0.2) is 5.43 Å². The molecular weight excluding hydrogens is 134 g/mol. The Morgan fingerprint density at radius 1 is 1.44 bits per heavy atom. The largest absolute Gasteiger partial charge is 0.359 e. The fraction of sp³-hybridized carbons (Fsp3) is 0.800. The summed E-state index contributed by atoms with van der Waals surface area (Å²) in [6.45, 7) is 4.06. The third kappa shape index (κ3) is 5.52. The van der Waals surface area contributed by atoms with Crippen molar-refractivity contribution < 1.29 is 0 Å². The molecule has 0 aromatic rings. The van der Waals surface area contributed by atoms with Gasteiger partial charge in [0, 0.05) is 13.1 Å². The second-order valence-corrected chi connectivity index (χ2v) is 2.41. The molecule has 4 heteroatoms. The minimum absolute atomic E-state index is 0.387. The highest BCUT2D eigenvalue weighted by atomic mass is 32.1. The van der Waals surface area contributed by atoms with Gasteiger partial charge in [0.1, 0.15) is 0 Å². The Balaban J connectivity index is 3.27. The molecular formula is C5H13N3S. The first-order valence-corrected chi connectivity index (χ1v) is 3.31. The maximum Gasteiger partial charge on any atom is 0.180 e. The molecule has 0 radical (unpaired) electrons. The van der Waals surface area contributed by atoms with E-state index in [-0.39, 0.29) is 0 Å². The van der Waals surface area contributed by atoms with Crippen LogP contribution in [0, 0.1) is 0 Å². The van der Waals surface area contributed by atoms with Gasteiger partial charge in [0.25, 0.3) is 0 Å². The van der Waals surface area contributed by atoms with Crippen LogP contribution in [0.1, 0.15) is 13.8 Å². The topological polar surface area (TPSA) is 36.1 Å². The Labute approximate surface area is 61.2 Å². The Bertz CT molecular complexity index is 92.2. The van der Waals surface area contributed by atoms with Crippen LogP contribution < -0.4 is 16.2 Å². The van der Waals surface area contributed by atoms with Gasteiger partial charge in [0.2, 0.25) is 0 Å². The summed E-state index contributed by atoms with van der Waals surface area (Å²) in [5.41, 5.74) is 5.47. The lowest BCUT2D eigenvalue weighted by Gasteiger charge is -2.11. The standard InChI is InChI=1S/C5H13N3S/c1-4(2)7-5(9)8-6-3/h4,6H,1-3H3,(H2,7,8,9). The van der Waals surface area contributed by atoms with Crippen molar-refractivity contribution in [3.8, 4) is 0 Å². The number of rotatable bonds is 2. The van der Waals surface area contributed by atoms with Crippen LogP contribution in [-0.2, 0) is 0 Å². The van der Waals surface area contributed by atoms with Crippen LogP contribution in [0.25, 0.3) is 0 Å². The average Bonchev–Trinajstić information content (AvgIpc) is 1.63. The fourth-order valence-corrected chi connectivity index (χ4v) is 0.750. The Hall–Kier alpha value is -0.350. The molecule has 0 fully saturated rings. The maximum absolute atomic E-state index is 4.84. The quantitative estimate of drug-likeness (QED) is 0.379. The van der Waals surface area contributed by atoms with E-state index in [1.807, 2.05) is 13.8 Å². The van der Waals surface area contributed by atoms with Gasteiger partial charge in [-0.1, -0.05) is 0 Å². The number of hydrogen-bond donors (Lipinski definition) is 3. The molecule has 54 valence electrons. The van der Waals surface area contributed by atoms with Gasteiger partial charge in [0.05, 0.1) is 0 Å². The first kappa shape index (κ1) is 8.65. The molecule has 0 heterocycles. The van der Waals surface area contributed by atoms with Crippen molar-refractivity contribution in [2.24, 2.45) is 0 Å². The van der Waals surface area contributed by atoms with Crippen LogP contribution in [-0.4, -0.2) is 18.2 Å². The first-order valence-electron chi connectivity index (χ1n) is 2.90.